The van der Waals surface area contributed by atoms with E-state index in [4.69, 9.17) is 4.74 Å². The van der Waals surface area contributed by atoms with Crippen LogP contribution < -0.4 is 5.32 Å². The van der Waals surface area contributed by atoms with E-state index >= 15 is 0 Å². The van der Waals surface area contributed by atoms with Crippen molar-refractivity contribution in [2.45, 2.75) is 392 Å². The van der Waals surface area contributed by atoms with Gasteiger partial charge in [0.05, 0.1) is 25.4 Å². The third-order valence-electron chi connectivity index (χ3n) is 15.8. The molecule has 0 rings (SSSR count). The quantitative estimate of drug-likeness (QED) is 0.0320. The minimum Gasteiger partial charge on any atom is -0.466 e. The van der Waals surface area contributed by atoms with Crippen molar-refractivity contribution in [2.24, 2.45) is 0 Å². The zero-order chi connectivity index (χ0) is 52.9. The molecule has 0 saturated carbocycles. The molecule has 0 bridgehead atoms. The Balaban J connectivity index is 3.35. The molecule has 434 valence electrons. The molecule has 0 aliphatic carbocycles. The number of hydrogen-bond acceptors (Lipinski definition) is 5. The Morgan fingerprint density at radius 1 is 0.370 bits per heavy atom. The van der Waals surface area contributed by atoms with Crippen LogP contribution in [-0.2, 0) is 14.3 Å². The van der Waals surface area contributed by atoms with Crippen LogP contribution in [0.3, 0.4) is 0 Å². The lowest BCUT2D eigenvalue weighted by atomic mass is 10.0. The minimum atomic E-state index is -0.663. The summed E-state index contributed by atoms with van der Waals surface area (Å²) in [6.07, 6.45) is 76.7. The molecule has 0 aromatic rings. The summed E-state index contributed by atoms with van der Waals surface area (Å²) in [4.78, 5) is 24.6. The van der Waals surface area contributed by atoms with Gasteiger partial charge in [-0.25, -0.2) is 0 Å². The maximum Gasteiger partial charge on any atom is 0.305 e. The monoisotopic (exact) mass is 1030 g/mol. The number of nitrogens with one attached hydrogen (secondary N) is 1. The third-order valence-corrected chi connectivity index (χ3v) is 15.8. The Bertz CT molecular complexity index is 1100. The van der Waals surface area contributed by atoms with Gasteiger partial charge in [0.1, 0.15) is 0 Å². The first-order valence-electron chi connectivity index (χ1n) is 33.4. The van der Waals surface area contributed by atoms with Crippen LogP contribution in [0.2, 0.25) is 0 Å². The van der Waals surface area contributed by atoms with Gasteiger partial charge >= 0.3 is 5.97 Å². The molecule has 0 aromatic carbocycles. The van der Waals surface area contributed by atoms with E-state index in [9.17, 15) is 19.8 Å². The number of carbonyl (C=O) groups excluding carboxylic acids is 2. The number of hydrogen-bond donors (Lipinski definition) is 3. The first-order chi connectivity index (χ1) is 36.0. The smallest absolute Gasteiger partial charge is 0.305 e. The average molecular weight is 1030 g/mol. The van der Waals surface area contributed by atoms with Crippen LogP contribution in [0.25, 0.3) is 0 Å². The van der Waals surface area contributed by atoms with Gasteiger partial charge in [0, 0.05) is 12.8 Å². The van der Waals surface area contributed by atoms with Gasteiger partial charge in [0.15, 0.2) is 0 Å². The lowest BCUT2D eigenvalue weighted by Gasteiger charge is -2.22. The predicted octanol–water partition coefficient (Wildman–Crippen LogP) is 21.2. The summed E-state index contributed by atoms with van der Waals surface area (Å²) in [6, 6.07) is -0.540. The number of esters is 1. The van der Waals surface area contributed by atoms with E-state index in [1.165, 1.54) is 302 Å². The SMILES string of the molecule is CCCCCCCCC/C=C\CCCCCCCC(=O)OCCCCCCCCCCCCCCCCCCCCCCCCCCC(=O)NC(CO)C(O)CCCCCCCCCCCCCCCCCC. The van der Waals surface area contributed by atoms with Gasteiger partial charge in [-0.15, -0.1) is 0 Å². The second kappa shape index (κ2) is 63.1. The van der Waals surface area contributed by atoms with Crippen molar-refractivity contribution < 1.29 is 24.5 Å². The number of rotatable bonds is 63. The largest absolute Gasteiger partial charge is 0.466 e. The number of allylic oxidation sites excluding steroid dienone is 2. The molecular formula is C67H131NO5. The van der Waals surface area contributed by atoms with Crippen LogP contribution in [0.4, 0.5) is 0 Å². The maximum absolute atomic E-state index is 12.5. The van der Waals surface area contributed by atoms with E-state index in [0.717, 1.165) is 44.9 Å². The highest BCUT2D eigenvalue weighted by atomic mass is 16.5. The molecule has 0 heterocycles. The number of aliphatic hydroxyl groups excluding tert-OH is 2. The van der Waals surface area contributed by atoms with Crippen LogP contribution in [-0.4, -0.2) is 47.4 Å². The van der Waals surface area contributed by atoms with E-state index in [1.54, 1.807) is 0 Å². The molecule has 0 radical (unpaired) electrons. The molecule has 0 aliphatic rings. The second-order valence-corrected chi connectivity index (χ2v) is 23.2. The summed E-state index contributed by atoms with van der Waals surface area (Å²) in [5.74, 6) is -0.0216. The van der Waals surface area contributed by atoms with E-state index < -0.39 is 12.1 Å². The zero-order valence-corrected chi connectivity index (χ0v) is 49.6. The fourth-order valence-electron chi connectivity index (χ4n) is 10.7. The number of amides is 1. The highest BCUT2D eigenvalue weighted by Crippen LogP contribution is 2.19. The fraction of sp³-hybridized carbons (Fsp3) is 0.940. The van der Waals surface area contributed by atoms with Crippen LogP contribution in [0, 0.1) is 0 Å². The Labute approximate surface area is 457 Å². The average Bonchev–Trinajstić information content (AvgIpc) is 3.39. The summed E-state index contributed by atoms with van der Waals surface area (Å²) in [5, 5.41) is 23.3. The summed E-state index contributed by atoms with van der Waals surface area (Å²) in [7, 11) is 0. The normalized spacial score (nSPS) is 12.5. The Hall–Kier alpha value is -1.40. The van der Waals surface area contributed by atoms with Crippen LogP contribution in [0.1, 0.15) is 380 Å². The van der Waals surface area contributed by atoms with Crippen LogP contribution in [0.15, 0.2) is 12.2 Å². The van der Waals surface area contributed by atoms with Crippen molar-refractivity contribution in [2.75, 3.05) is 13.2 Å². The van der Waals surface area contributed by atoms with Gasteiger partial charge in [-0.1, -0.05) is 328 Å². The lowest BCUT2D eigenvalue weighted by Crippen LogP contribution is -2.45. The van der Waals surface area contributed by atoms with Gasteiger partial charge in [-0.05, 0) is 51.4 Å². The van der Waals surface area contributed by atoms with Crippen molar-refractivity contribution in [3.05, 3.63) is 12.2 Å². The molecule has 0 spiro atoms. The molecule has 3 N–H and O–H groups in total. The molecule has 0 fully saturated rings. The highest BCUT2D eigenvalue weighted by Gasteiger charge is 2.20. The molecule has 2 atom stereocenters. The summed E-state index contributed by atoms with van der Waals surface area (Å²) in [6.45, 7) is 4.98. The zero-order valence-electron chi connectivity index (χ0n) is 49.6. The van der Waals surface area contributed by atoms with Crippen molar-refractivity contribution in [3.63, 3.8) is 0 Å². The van der Waals surface area contributed by atoms with Gasteiger partial charge in [-0.3, -0.25) is 9.59 Å². The Morgan fingerprint density at radius 3 is 0.973 bits per heavy atom. The van der Waals surface area contributed by atoms with E-state index in [2.05, 4.69) is 31.3 Å². The van der Waals surface area contributed by atoms with Crippen molar-refractivity contribution in [3.8, 4) is 0 Å². The fourth-order valence-corrected chi connectivity index (χ4v) is 10.7. The molecule has 2 unspecified atom stereocenters. The topological polar surface area (TPSA) is 95.9 Å². The summed E-state index contributed by atoms with van der Waals surface area (Å²) in [5.41, 5.74) is 0. The second-order valence-electron chi connectivity index (χ2n) is 23.2. The standard InChI is InChI=1S/C67H131NO5/c1-3-5-7-9-11-13-15-17-19-31-35-39-43-47-51-55-59-65(70)64(63-69)68-66(71)60-56-52-48-44-40-36-32-29-27-25-23-21-22-24-26-28-30-34-38-42-46-50-54-58-62-73-67(72)61-57-53-49-45-41-37-33-20-18-16-14-12-10-8-6-4-2/h20,33,64-65,69-70H,3-19,21-32,34-63H2,1-2H3,(H,68,71)/b33-20-. The highest BCUT2D eigenvalue weighted by molar-refractivity contribution is 5.76. The number of carbonyl (C=O) groups is 2. The number of ether oxygens (including phenoxy) is 1. The predicted molar refractivity (Wildman–Crippen MR) is 320 cm³/mol. The van der Waals surface area contributed by atoms with Gasteiger partial charge < -0.3 is 20.3 Å². The van der Waals surface area contributed by atoms with E-state index in [0.29, 0.717) is 25.9 Å². The molecule has 6 nitrogen and oxygen atoms in total. The molecule has 0 saturated heterocycles. The van der Waals surface area contributed by atoms with Crippen LogP contribution in [0.5, 0.6) is 0 Å². The number of unbranched alkanes of at least 4 members (excludes halogenated alkanes) is 50. The van der Waals surface area contributed by atoms with Crippen LogP contribution >= 0.6 is 0 Å². The van der Waals surface area contributed by atoms with Crippen molar-refractivity contribution in [1.29, 1.82) is 0 Å². The number of aliphatic hydroxyl groups is 2. The first kappa shape index (κ1) is 71.6. The third kappa shape index (κ3) is 59.7. The first-order valence-corrected chi connectivity index (χ1v) is 33.4. The summed E-state index contributed by atoms with van der Waals surface area (Å²) < 4.78 is 5.49. The molecule has 1 amide bonds. The molecule has 73 heavy (non-hydrogen) atoms. The maximum atomic E-state index is 12.5. The van der Waals surface area contributed by atoms with E-state index in [-0.39, 0.29) is 18.5 Å². The van der Waals surface area contributed by atoms with Gasteiger partial charge in [0.2, 0.25) is 5.91 Å². The Kier molecular flexibility index (Phi) is 61.9. The summed E-state index contributed by atoms with van der Waals surface area (Å²) >= 11 is 0. The molecular weight excluding hydrogens is 899 g/mol. The molecule has 0 aromatic heterocycles. The lowest BCUT2D eigenvalue weighted by molar-refractivity contribution is -0.143. The molecule has 6 heteroatoms. The Morgan fingerprint density at radius 2 is 0.644 bits per heavy atom. The van der Waals surface area contributed by atoms with Gasteiger partial charge in [0.25, 0.3) is 0 Å². The minimum absolute atomic E-state index is 0.00901. The van der Waals surface area contributed by atoms with Gasteiger partial charge in [-0.2, -0.15) is 0 Å². The van der Waals surface area contributed by atoms with Crippen molar-refractivity contribution >= 4 is 11.9 Å². The molecule has 0 aliphatic heterocycles. The van der Waals surface area contributed by atoms with Crippen molar-refractivity contribution in [1.82, 2.24) is 5.32 Å². The van der Waals surface area contributed by atoms with E-state index in [1.807, 2.05) is 0 Å².